The van der Waals surface area contributed by atoms with E-state index in [1.54, 1.807) is 19.4 Å². The molecule has 5 heteroatoms. The van der Waals surface area contributed by atoms with Gasteiger partial charge in [-0.05, 0) is 6.92 Å². The number of halogens is 1. The summed E-state index contributed by atoms with van der Waals surface area (Å²) in [6, 6.07) is 1.72. The lowest BCUT2D eigenvalue weighted by Crippen LogP contribution is -2.07. The van der Waals surface area contributed by atoms with E-state index in [9.17, 15) is 0 Å². The molecule has 1 rings (SSSR count). The van der Waals surface area contributed by atoms with Crippen LogP contribution < -0.4 is 4.74 Å². The third-order valence-electron chi connectivity index (χ3n) is 2.14. The number of methoxy groups -OCH3 is 1. The zero-order valence-electron chi connectivity index (χ0n) is 10.2. The van der Waals surface area contributed by atoms with E-state index >= 15 is 0 Å². The summed E-state index contributed by atoms with van der Waals surface area (Å²) in [4.78, 5) is 3.96. The fourth-order valence-corrected chi connectivity index (χ4v) is 1.37. The number of aromatic nitrogens is 1. The van der Waals surface area contributed by atoms with Crippen molar-refractivity contribution in [3.05, 3.63) is 23.0 Å². The van der Waals surface area contributed by atoms with Gasteiger partial charge in [-0.15, -0.1) is 0 Å². The second kappa shape index (κ2) is 8.28. The third kappa shape index (κ3) is 5.86. The summed E-state index contributed by atoms with van der Waals surface area (Å²) in [7, 11) is 1.66. The molecule has 0 amide bonds. The summed E-state index contributed by atoms with van der Waals surface area (Å²) in [5.74, 6) is 0.780. The lowest BCUT2D eigenvalue weighted by Gasteiger charge is -2.09. The minimum Gasteiger partial charge on any atom is -0.493 e. The second-order valence-electron chi connectivity index (χ2n) is 3.58. The highest BCUT2D eigenvalue weighted by atomic mass is 35.5. The largest absolute Gasteiger partial charge is 0.493 e. The van der Waals surface area contributed by atoms with E-state index in [2.05, 4.69) is 4.98 Å². The Morgan fingerprint density at radius 2 is 2.06 bits per heavy atom. The molecule has 0 aliphatic heterocycles. The van der Waals surface area contributed by atoms with Gasteiger partial charge < -0.3 is 14.2 Å². The van der Waals surface area contributed by atoms with E-state index in [1.165, 1.54) is 0 Å². The molecular formula is C12H18ClNO3. The van der Waals surface area contributed by atoms with E-state index in [1.807, 2.05) is 6.92 Å². The molecule has 0 aliphatic rings. The van der Waals surface area contributed by atoms with Crippen LogP contribution >= 0.6 is 11.6 Å². The lowest BCUT2D eigenvalue weighted by molar-refractivity contribution is 0.0644. The number of rotatable bonds is 8. The summed E-state index contributed by atoms with van der Waals surface area (Å²) < 4.78 is 15.8. The van der Waals surface area contributed by atoms with Crippen molar-refractivity contribution in [3.63, 3.8) is 0 Å². The van der Waals surface area contributed by atoms with Gasteiger partial charge in [0.2, 0.25) is 0 Å². The number of hydrogen-bond donors (Lipinski definition) is 0. The van der Waals surface area contributed by atoms with E-state index in [-0.39, 0.29) is 0 Å². The quantitative estimate of drug-likeness (QED) is 0.531. The smallest absolute Gasteiger partial charge is 0.132 e. The summed E-state index contributed by atoms with van der Waals surface area (Å²) in [6.07, 6.45) is 2.54. The normalized spacial score (nSPS) is 10.5. The van der Waals surface area contributed by atoms with Crippen LogP contribution in [0.4, 0.5) is 0 Å². The molecule has 4 nitrogen and oxygen atoms in total. The molecule has 0 saturated carbocycles. The van der Waals surface area contributed by atoms with Crippen molar-refractivity contribution in [1.82, 2.24) is 4.98 Å². The molecule has 0 spiro atoms. The van der Waals surface area contributed by atoms with Gasteiger partial charge in [-0.1, -0.05) is 11.6 Å². The summed E-state index contributed by atoms with van der Waals surface area (Å²) in [5, 5.41) is 0.446. The predicted octanol–water partition coefficient (Wildman–Crippen LogP) is 2.48. The van der Waals surface area contributed by atoms with Crippen molar-refractivity contribution in [2.45, 2.75) is 13.3 Å². The van der Waals surface area contributed by atoms with Crippen LogP contribution in [-0.2, 0) is 9.47 Å². The highest BCUT2D eigenvalue weighted by Gasteiger charge is 2.01. The average molecular weight is 260 g/mol. The maximum Gasteiger partial charge on any atom is 0.132 e. The lowest BCUT2D eigenvalue weighted by atomic mass is 10.3. The van der Waals surface area contributed by atoms with Gasteiger partial charge in [-0.2, -0.15) is 0 Å². The van der Waals surface area contributed by atoms with Gasteiger partial charge in [0.15, 0.2) is 0 Å². The zero-order chi connectivity index (χ0) is 12.5. The first-order valence-corrected chi connectivity index (χ1v) is 5.93. The molecule has 17 heavy (non-hydrogen) atoms. The number of pyridine rings is 1. The van der Waals surface area contributed by atoms with Crippen LogP contribution in [0.15, 0.2) is 12.3 Å². The van der Waals surface area contributed by atoms with Crippen LogP contribution in [0.25, 0.3) is 0 Å². The van der Waals surface area contributed by atoms with Crippen LogP contribution in [0.2, 0.25) is 5.15 Å². The van der Waals surface area contributed by atoms with Crippen molar-refractivity contribution in [3.8, 4) is 5.75 Å². The highest BCUT2D eigenvalue weighted by molar-refractivity contribution is 6.29. The maximum absolute atomic E-state index is 5.78. The number of ether oxygens (including phenoxy) is 3. The Kier molecular flexibility index (Phi) is 6.93. The number of nitrogens with zero attached hydrogens (tertiary/aromatic N) is 1. The first-order chi connectivity index (χ1) is 8.24. The summed E-state index contributed by atoms with van der Waals surface area (Å²) in [6.45, 7) is 4.46. The minimum atomic E-state index is 0.446. The van der Waals surface area contributed by atoms with Gasteiger partial charge in [0.25, 0.3) is 0 Å². The molecule has 0 fully saturated rings. The topological polar surface area (TPSA) is 40.6 Å². The molecule has 0 aromatic carbocycles. The predicted molar refractivity (Wildman–Crippen MR) is 66.8 cm³/mol. The minimum absolute atomic E-state index is 0.446. The van der Waals surface area contributed by atoms with Crippen LogP contribution in [0.1, 0.15) is 12.0 Å². The number of aryl methyl sites for hydroxylation is 1. The van der Waals surface area contributed by atoms with Gasteiger partial charge in [-0.3, -0.25) is 0 Å². The van der Waals surface area contributed by atoms with Crippen LogP contribution in [0, 0.1) is 6.92 Å². The molecule has 0 atom stereocenters. The Bertz CT molecular complexity index is 334. The molecule has 1 heterocycles. The molecule has 1 aromatic heterocycles. The van der Waals surface area contributed by atoms with Crippen molar-refractivity contribution in [1.29, 1.82) is 0 Å². The van der Waals surface area contributed by atoms with Gasteiger partial charge >= 0.3 is 0 Å². The molecule has 96 valence electrons. The zero-order valence-corrected chi connectivity index (χ0v) is 11.0. The first kappa shape index (κ1) is 14.2. The Morgan fingerprint density at radius 3 is 2.82 bits per heavy atom. The van der Waals surface area contributed by atoms with Crippen LogP contribution in [0.5, 0.6) is 5.75 Å². The first-order valence-electron chi connectivity index (χ1n) is 5.55. The van der Waals surface area contributed by atoms with Crippen molar-refractivity contribution >= 4 is 11.6 Å². The fourth-order valence-electron chi connectivity index (χ4n) is 1.22. The Labute approximate surface area is 107 Å². The monoisotopic (exact) mass is 259 g/mol. The molecule has 0 unspecified atom stereocenters. The van der Waals surface area contributed by atoms with E-state index in [0.717, 1.165) is 17.7 Å². The molecule has 0 radical (unpaired) electrons. The van der Waals surface area contributed by atoms with Crippen molar-refractivity contribution in [2.75, 3.05) is 33.5 Å². The van der Waals surface area contributed by atoms with Gasteiger partial charge in [0.1, 0.15) is 10.9 Å². The molecule has 0 saturated heterocycles. The van der Waals surface area contributed by atoms with Crippen LogP contribution in [-0.4, -0.2) is 38.5 Å². The van der Waals surface area contributed by atoms with Crippen molar-refractivity contribution < 1.29 is 14.2 Å². The molecule has 0 aliphatic carbocycles. The highest BCUT2D eigenvalue weighted by Crippen LogP contribution is 2.20. The maximum atomic E-state index is 5.78. The number of hydrogen-bond acceptors (Lipinski definition) is 4. The summed E-state index contributed by atoms with van der Waals surface area (Å²) in [5.41, 5.74) is 0.981. The second-order valence-corrected chi connectivity index (χ2v) is 3.97. The van der Waals surface area contributed by atoms with Crippen LogP contribution in [0.3, 0.4) is 0 Å². The van der Waals surface area contributed by atoms with E-state index < -0.39 is 0 Å². The average Bonchev–Trinajstić information content (AvgIpc) is 2.32. The van der Waals surface area contributed by atoms with E-state index in [4.69, 9.17) is 25.8 Å². The molecule has 0 bridgehead atoms. The third-order valence-corrected chi connectivity index (χ3v) is 2.35. The van der Waals surface area contributed by atoms with E-state index in [0.29, 0.717) is 31.6 Å². The Balaban J connectivity index is 2.15. The van der Waals surface area contributed by atoms with Gasteiger partial charge in [0.05, 0.1) is 19.8 Å². The standard InChI is InChI=1S/C12H18ClNO3/c1-10-9-14-12(13)8-11(10)17-5-3-4-16-7-6-15-2/h8-9H,3-7H2,1-2H3. The van der Waals surface area contributed by atoms with Crippen molar-refractivity contribution in [2.24, 2.45) is 0 Å². The van der Waals surface area contributed by atoms with Gasteiger partial charge in [-0.25, -0.2) is 4.98 Å². The Morgan fingerprint density at radius 1 is 1.24 bits per heavy atom. The molecular weight excluding hydrogens is 242 g/mol. The van der Waals surface area contributed by atoms with Gasteiger partial charge in [0, 0.05) is 38.0 Å². The molecule has 0 N–H and O–H groups in total. The fraction of sp³-hybridized carbons (Fsp3) is 0.583. The Hall–Kier alpha value is -0.840. The SMILES string of the molecule is COCCOCCCOc1cc(Cl)ncc1C. The summed E-state index contributed by atoms with van der Waals surface area (Å²) >= 11 is 5.78. The molecule has 1 aromatic rings.